The highest BCUT2D eigenvalue weighted by Gasteiger charge is 2.63. The maximum atomic E-state index is 14.6. The highest BCUT2D eigenvalue weighted by molar-refractivity contribution is 7.91. The number of allylic oxidation sites excluding steroid dienone is 1. The molecule has 0 spiro atoms. The average Bonchev–Trinajstić information content (AvgIpc) is 4.00. The Labute approximate surface area is 321 Å². The van der Waals surface area contributed by atoms with Crippen molar-refractivity contribution >= 4 is 44.7 Å². The molecule has 2 saturated heterocycles. The van der Waals surface area contributed by atoms with Gasteiger partial charge in [-0.1, -0.05) is 25.0 Å². The van der Waals surface area contributed by atoms with Gasteiger partial charge in [-0.25, -0.2) is 18.2 Å². The van der Waals surface area contributed by atoms with E-state index in [9.17, 15) is 27.6 Å². The number of fused-ring (bicyclic) bond motifs is 3. The van der Waals surface area contributed by atoms with E-state index in [-0.39, 0.29) is 25.4 Å². The molecule has 0 unspecified atom stereocenters. The number of ether oxygens (including phenoxy) is 3. The molecular formula is C39H52N6O9S. The summed E-state index contributed by atoms with van der Waals surface area (Å²) < 4.78 is 45.6. The Morgan fingerprint density at radius 2 is 1.87 bits per heavy atom. The van der Waals surface area contributed by atoms with Crippen molar-refractivity contribution in [2.24, 2.45) is 5.92 Å². The van der Waals surface area contributed by atoms with Crippen LogP contribution in [0.4, 0.5) is 4.79 Å². The standard InChI is InChI=1S/C39H52N6O9S/c1-5-53-32-21-31(27-14-15-30(52-4)24(2)33(27)41-32)54-26-20-29-34(46)42-39(36(48)43-55(50,51)38(3)16-17-38)22-25(39)12-9-7-6-8-10-13-28(35(47)45(29)23-26)40-37(49)44-18-11-19-44/h9,12,14-15,21,25-26,28-29H,5-8,10-11,13,16-20,22-23H2,1-4H3,(H,40,49)(H,42,46)(H,43,48)/t25-,26-,28+,29+,39-/m1/s1. The number of rotatable bonds is 9. The molecule has 4 fully saturated rings. The molecule has 2 aromatic rings. The molecule has 0 radical (unpaired) electrons. The number of aromatic nitrogens is 1. The van der Waals surface area contributed by atoms with Gasteiger partial charge in [0.25, 0.3) is 5.91 Å². The second kappa shape index (κ2) is 15.1. The summed E-state index contributed by atoms with van der Waals surface area (Å²) >= 11 is 0. The summed E-state index contributed by atoms with van der Waals surface area (Å²) in [4.78, 5) is 63.9. The SMILES string of the molecule is CCOc1cc(O[C@@H]2C[C@H]3C(=O)N[C@]4(C(=O)NS(=O)(=O)C5(C)CC5)C[C@H]4C=CCCCCC[C@H](NC(=O)N4CCC4)C(=O)N3C2)c2ccc(OC)c(C)c2n1. The van der Waals surface area contributed by atoms with Crippen LogP contribution in [0, 0.1) is 12.8 Å². The highest BCUT2D eigenvalue weighted by Crippen LogP contribution is 2.47. The van der Waals surface area contributed by atoms with Crippen LogP contribution in [0.5, 0.6) is 17.4 Å². The topological polar surface area (TPSA) is 186 Å². The molecule has 2 saturated carbocycles. The molecule has 7 rings (SSSR count). The van der Waals surface area contributed by atoms with Gasteiger partial charge in [0.1, 0.15) is 35.2 Å². The van der Waals surface area contributed by atoms with Crippen LogP contribution in [0.1, 0.15) is 83.6 Å². The first kappa shape index (κ1) is 38.7. The first-order valence-electron chi connectivity index (χ1n) is 19.5. The summed E-state index contributed by atoms with van der Waals surface area (Å²) in [6, 6.07) is 3.05. The molecule has 5 atom stereocenters. The number of hydrogen-bond acceptors (Lipinski definition) is 10. The predicted octanol–water partition coefficient (Wildman–Crippen LogP) is 3.48. The van der Waals surface area contributed by atoms with Gasteiger partial charge in [-0.2, -0.15) is 0 Å². The third-order valence-corrected chi connectivity index (χ3v) is 14.0. The van der Waals surface area contributed by atoms with Gasteiger partial charge in [-0.05, 0) is 77.8 Å². The minimum absolute atomic E-state index is 0.0190. The number of likely N-dealkylation sites (tertiary alicyclic amines) is 1. The number of carbonyl (C=O) groups is 4. The van der Waals surface area contributed by atoms with Crippen molar-refractivity contribution in [3.8, 4) is 17.4 Å². The summed E-state index contributed by atoms with van der Waals surface area (Å²) in [6.45, 7) is 6.94. The smallest absolute Gasteiger partial charge is 0.318 e. The minimum Gasteiger partial charge on any atom is -0.496 e. The van der Waals surface area contributed by atoms with E-state index in [0.29, 0.717) is 80.1 Å². The quantitative estimate of drug-likeness (QED) is 0.319. The third kappa shape index (κ3) is 7.66. The lowest BCUT2D eigenvalue weighted by Gasteiger charge is -2.34. The summed E-state index contributed by atoms with van der Waals surface area (Å²) in [5, 5.41) is 6.56. The van der Waals surface area contributed by atoms with Gasteiger partial charge in [0, 0.05) is 42.4 Å². The monoisotopic (exact) mass is 780 g/mol. The third-order valence-electron chi connectivity index (χ3n) is 11.8. The molecule has 3 N–H and O–H groups in total. The lowest BCUT2D eigenvalue weighted by atomic mass is 10.0. The van der Waals surface area contributed by atoms with Crippen LogP contribution in [0.25, 0.3) is 10.9 Å². The molecule has 298 valence electrons. The number of carbonyl (C=O) groups excluding carboxylic acids is 4. The van der Waals surface area contributed by atoms with Crippen LogP contribution >= 0.6 is 0 Å². The molecule has 4 heterocycles. The first-order valence-corrected chi connectivity index (χ1v) is 21.0. The van der Waals surface area contributed by atoms with E-state index in [1.54, 1.807) is 25.0 Å². The Kier molecular flexibility index (Phi) is 10.7. The average molecular weight is 781 g/mol. The van der Waals surface area contributed by atoms with Gasteiger partial charge >= 0.3 is 6.03 Å². The van der Waals surface area contributed by atoms with Crippen LogP contribution < -0.4 is 29.6 Å². The van der Waals surface area contributed by atoms with Gasteiger partial charge in [0.2, 0.25) is 27.7 Å². The molecule has 2 aliphatic carbocycles. The Hall–Kier alpha value is -4.60. The van der Waals surface area contributed by atoms with Crippen molar-refractivity contribution < 1.29 is 41.8 Å². The maximum Gasteiger partial charge on any atom is 0.318 e. The first-order chi connectivity index (χ1) is 26.3. The van der Waals surface area contributed by atoms with E-state index in [2.05, 4.69) is 15.4 Å². The molecule has 0 bridgehead atoms. The predicted molar refractivity (Wildman–Crippen MR) is 203 cm³/mol. The van der Waals surface area contributed by atoms with Crippen molar-refractivity contribution in [2.45, 2.75) is 113 Å². The summed E-state index contributed by atoms with van der Waals surface area (Å²) in [7, 11) is -2.40. The van der Waals surface area contributed by atoms with E-state index >= 15 is 0 Å². The normalized spacial score (nSPS) is 27.7. The van der Waals surface area contributed by atoms with Gasteiger partial charge in [-0.15, -0.1) is 0 Å². The Morgan fingerprint density at radius 1 is 1.09 bits per heavy atom. The molecular weight excluding hydrogens is 729 g/mol. The van der Waals surface area contributed by atoms with Crippen molar-refractivity contribution in [1.29, 1.82) is 0 Å². The largest absolute Gasteiger partial charge is 0.496 e. The molecule has 16 heteroatoms. The second-order valence-corrected chi connectivity index (χ2v) is 17.9. The van der Waals surface area contributed by atoms with Crippen molar-refractivity contribution in [2.75, 3.05) is 33.4 Å². The fourth-order valence-electron chi connectivity index (χ4n) is 7.78. The van der Waals surface area contributed by atoms with Crippen molar-refractivity contribution in [3.05, 3.63) is 35.9 Å². The fourth-order valence-corrected chi connectivity index (χ4v) is 9.10. The minimum atomic E-state index is -3.98. The number of pyridine rings is 1. The molecule has 15 nitrogen and oxygen atoms in total. The second-order valence-electron chi connectivity index (χ2n) is 15.7. The lowest BCUT2D eigenvalue weighted by molar-refractivity contribution is -0.141. The summed E-state index contributed by atoms with van der Waals surface area (Å²) in [5.74, 6) is -0.793. The molecule has 3 aliphatic heterocycles. The molecule has 5 aliphatic rings. The number of hydrogen-bond donors (Lipinski definition) is 3. The number of sulfonamides is 1. The van der Waals surface area contributed by atoms with Gasteiger partial charge in [0.15, 0.2) is 0 Å². The number of amides is 5. The molecule has 55 heavy (non-hydrogen) atoms. The lowest BCUT2D eigenvalue weighted by Crippen LogP contribution is -2.59. The zero-order chi connectivity index (χ0) is 39.1. The van der Waals surface area contributed by atoms with Gasteiger partial charge in [0.05, 0.1) is 30.5 Å². The van der Waals surface area contributed by atoms with Crippen LogP contribution in [-0.2, 0) is 24.4 Å². The number of benzene rings is 1. The van der Waals surface area contributed by atoms with E-state index in [4.69, 9.17) is 19.2 Å². The van der Waals surface area contributed by atoms with Crippen LogP contribution in [0.2, 0.25) is 0 Å². The number of methoxy groups -OCH3 is 1. The number of nitrogens with zero attached hydrogens (tertiary/aromatic N) is 3. The van der Waals surface area contributed by atoms with Crippen LogP contribution in [0.3, 0.4) is 0 Å². The van der Waals surface area contributed by atoms with Crippen LogP contribution in [-0.4, -0.2) is 109 Å². The molecule has 1 aromatic heterocycles. The number of nitrogens with one attached hydrogen (secondary N) is 3. The van der Waals surface area contributed by atoms with E-state index < -0.39 is 62.1 Å². The van der Waals surface area contributed by atoms with E-state index in [1.807, 2.05) is 38.1 Å². The maximum absolute atomic E-state index is 14.6. The Balaban J connectivity index is 1.21. The summed E-state index contributed by atoms with van der Waals surface area (Å²) in [6.07, 6.45) is 8.64. The molecule has 5 amide bonds. The van der Waals surface area contributed by atoms with E-state index in [0.717, 1.165) is 24.8 Å². The number of aryl methyl sites for hydroxylation is 1. The van der Waals surface area contributed by atoms with Crippen molar-refractivity contribution in [1.82, 2.24) is 30.1 Å². The van der Waals surface area contributed by atoms with Crippen LogP contribution in [0.15, 0.2) is 30.4 Å². The fraction of sp³-hybridized carbons (Fsp3) is 0.615. The van der Waals surface area contributed by atoms with Crippen molar-refractivity contribution in [3.63, 3.8) is 0 Å². The summed E-state index contributed by atoms with van der Waals surface area (Å²) in [5.41, 5.74) is -0.101. The molecule has 1 aromatic carbocycles. The van der Waals surface area contributed by atoms with Gasteiger partial charge in [-0.3, -0.25) is 19.1 Å². The zero-order valence-electron chi connectivity index (χ0n) is 32.0. The zero-order valence-corrected chi connectivity index (χ0v) is 32.8. The van der Waals surface area contributed by atoms with Gasteiger partial charge < -0.3 is 34.6 Å². The number of urea groups is 1. The van der Waals surface area contributed by atoms with E-state index in [1.165, 1.54) is 4.90 Å². The Bertz CT molecular complexity index is 2000. The Morgan fingerprint density at radius 3 is 2.56 bits per heavy atom. The highest BCUT2D eigenvalue weighted by atomic mass is 32.2.